The highest BCUT2D eigenvalue weighted by atomic mass is 32.2. The molecule has 0 aliphatic rings. The molecule has 2 rings (SSSR count). The first-order valence-corrected chi connectivity index (χ1v) is 6.86. The van der Waals surface area contributed by atoms with Gasteiger partial charge in [0.1, 0.15) is 4.21 Å². The number of thiophene rings is 1. The Morgan fingerprint density at radius 2 is 2.12 bits per heavy atom. The van der Waals surface area contributed by atoms with Gasteiger partial charge in [0.05, 0.1) is 0 Å². The van der Waals surface area contributed by atoms with E-state index in [-0.39, 0.29) is 0 Å². The zero-order valence-electron chi connectivity index (χ0n) is 8.84. The number of nitrogens with zero attached hydrogens (tertiary/aromatic N) is 2. The predicted molar refractivity (Wildman–Crippen MR) is 63.1 cm³/mol. The maximum absolute atomic E-state index is 11.9. The van der Waals surface area contributed by atoms with Gasteiger partial charge in [-0.15, -0.1) is 11.3 Å². The molecule has 0 amide bonds. The van der Waals surface area contributed by atoms with Crippen molar-refractivity contribution >= 4 is 27.2 Å². The molecule has 0 saturated heterocycles. The number of aromatic nitrogens is 2. The Balaban J connectivity index is 2.27. The molecule has 0 atom stereocenters. The molecule has 16 heavy (non-hydrogen) atoms. The third kappa shape index (κ3) is 2.25. The highest BCUT2D eigenvalue weighted by Gasteiger charge is 2.17. The summed E-state index contributed by atoms with van der Waals surface area (Å²) in [5.74, 6) is 0.327. The van der Waals surface area contributed by atoms with Gasteiger partial charge in [0.25, 0.3) is 10.0 Å². The molecule has 0 spiro atoms. The predicted octanol–water partition coefficient (Wildman–Crippen LogP) is 1.59. The van der Waals surface area contributed by atoms with Crippen LogP contribution in [0.1, 0.15) is 4.88 Å². The number of rotatable bonds is 3. The molecule has 0 aliphatic carbocycles. The number of aryl methyl sites for hydroxylation is 2. The minimum absolute atomic E-state index is 0.302. The second-order valence-electron chi connectivity index (χ2n) is 3.35. The summed E-state index contributed by atoms with van der Waals surface area (Å²) in [4.78, 5) is 0.960. The van der Waals surface area contributed by atoms with Crippen molar-refractivity contribution < 1.29 is 8.42 Å². The number of nitrogens with one attached hydrogen (secondary N) is 1. The highest BCUT2D eigenvalue weighted by molar-refractivity contribution is 7.94. The zero-order chi connectivity index (χ0) is 11.8. The standard InChI is InChI=1S/C9H11N3O2S2/c1-7-3-4-9(15-7)16(13,14)11-8-5-6-12(2)10-8/h3-6H,1-2H3,(H,10,11). The summed E-state index contributed by atoms with van der Waals surface area (Å²) < 4.78 is 28.0. The maximum Gasteiger partial charge on any atom is 0.272 e. The van der Waals surface area contributed by atoms with Gasteiger partial charge in [-0.05, 0) is 19.1 Å². The Kier molecular flexibility index (Phi) is 2.73. The molecule has 0 bridgehead atoms. The lowest BCUT2D eigenvalue weighted by molar-refractivity contribution is 0.603. The normalized spacial score (nSPS) is 11.6. The molecule has 7 heteroatoms. The van der Waals surface area contributed by atoms with Crippen LogP contribution in [0.25, 0.3) is 0 Å². The Labute approximate surface area is 97.8 Å². The molecule has 86 valence electrons. The van der Waals surface area contributed by atoms with Crippen molar-refractivity contribution in [3.8, 4) is 0 Å². The first-order chi connectivity index (χ1) is 7.47. The molecular weight excluding hydrogens is 246 g/mol. The Bertz CT molecular complexity index is 598. The Morgan fingerprint density at radius 3 is 2.62 bits per heavy atom. The second-order valence-corrected chi connectivity index (χ2v) is 6.54. The smallest absolute Gasteiger partial charge is 0.272 e. The van der Waals surface area contributed by atoms with Gasteiger partial charge in [-0.3, -0.25) is 9.40 Å². The maximum atomic E-state index is 11.9. The third-order valence-electron chi connectivity index (χ3n) is 1.93. The van der Waals surface area contributed by atoms with Crippen molar-refractivity contribution in [3.63, 3.8) is 0 Å². The molecule has 0 aliphatic heterocycles. The van der Waals surface area contributed by atoms with Crippen LogP contribution in [0.2, 0.25) is 0 Å². The van der Waals surface area contributed by atoms with Gasteiger partial charge in [-0.25, -0.2) is 8.42 Å². The van der Waals surface area contributed by atoms with Crippen LogP contribution in [0.5, 0.6) is 0 Å². The minimum Gasteiger partial charge on any atom is -0.274 e. The molecule has 2 heterocycles. The molecule has 0 unspecified atom stereocenters. The van der Waals surface area contributed by atoms with Crippen molar-refractivity contribution in [2.24, 2.45) is 7.05 Å². The lowest BCUT2D eigenvalue weighted by Gasteiger charge is -2.01. The largest absolute Gasteiger partial charge is 0.274 e. The number of anilines is 1. The van der Waals surface area contributed by atoms with Crippen LogP contribution in [-0.4, -0.2) is 18.2 Å². The lowest BCUT2D eigenvalue weighted by Crippen LogP contribution is -2.12. The van der Waals surface area contributed by atoms with E-state index in [0.29, 0.717) is 10.0 Å². The zero-order valence-corrected chi connectivity index (χ0v) is 10.5. The SMILES string of the molecule is Cc1ccc(S(=O)(=O)Nc2ccn(C)n2)s1. The van der Waals surface area contributed by atoms with Crippen molar-refractivity contribution in [1.29, 1.82) is 0 Å². The van der Waals surface area contributed by atoms with Crippen molar-refractivity contribution in [2.75, 3.05) is 4.72 Å². The second kappa shape index (κ2) is 3.91. The minimum atomic E-state index is -3.49. The van der Waals surface area contributed by atoms with Crippen LogP contribution in [-0.2, 0) is 17.1 Å². The van der Waals surface area contributed by atoms with Crippen molar-refractivity contribution in [1.82, 2.24) is 9.78 Å². The average molecular weight is 257 g/mol. The summed E-state index contributed by atoms with van der Waals surface area (Å²) in [5, 5.41) is 3.96. The monoisotopic (exact) mass is 257 g/mol. The fourth-order valence-corrected chi connectivity index (χ4v) is 3.49. The molecule has 0 radical (unpaired) electrons. The van der Waals surface area contributed by atoms with E-state index in [1.165, 1.54) is 16.0 Å². The summed E-state index contributed by atoms with van der Waals surface area (Å²) >= 11 is 1.24. The van der Waals surface area contributed by atoms with E-state index in [2.05, 4.69) is 9.82 Å². The first-order valence-electron chi connectivity index (χ1n) is 4.56. The van der Waals surface area contributed by atoms with Gasteiger partial charge in [0.2, 0.25) is 0 Å². The van der Waals surface area contributed by atoms with Crippen LogP contribution in [0, 0.1) is 6.92 Å². The third-order valence-corrected chi connectivity index (χ3v) is 4.78. The summed E-state index contributed by atoms with van der Waals surface area (Å²) in [6.07, 6.45) is 1.68. The Hall–Kier alpha value is -1.34. The van der Waals surface area contributed by atoms with Gasteiger partial charge >= 0.3 is 0 Å². The first kappa shape index (κ1) is 11.2. The van der Waals surface area contributed by atoms with Gasteiger partial charge in [-0.1, -0.05) is 0 Å². The molecule has 1 N–H and O–H groups in total. The van der Waals surface area contributed by atoms with Gasteiger partial charge in [0, 0.05) is 24.2 Å². The molecule has 2 aromatic heterocycles. The molecule has 0 fully saturated rings. The molecule has 0 saturated carbocycles. The van der Waals surface area contributed by atoms with Crippen LogP contribution in [0.4, 0.5) is 5.82 Å². The van der Waals surface area contributed by atoms with Crippen LogP contribution in [0.15, 0.2) is 28.6 Å². The van der Waals surface area contributed by atoms with E-state index in [1.54, 1.807) is 31.4 Å². The van der Waals surface area contributed by atoms with E-state index in [4.69, 9.17) is 0 Å². The van der Waals surface area contributed by atoms with E-state index in [0.717, 1.165) is 4.88 Å². The quantitative estimate of drug-likeness (QED) is 0.908. The van der Waals surface area contributed by atoms with E-state index in [9.17, 15) is 8.42 Å². The summed E-state index contributed by atoms with van der Waals surface area (Å²) in [6, 6.07) is 4.97. The lowest BCUT2D eigenvalue weighted by atomic mass is 10.5. The molecule has 5 nitrogen and oxygen atoms in total. The van der Waals surface area contributed by atoms with E-state index < -0.39 is 10.0 Å². The van der Waals surface area contributed by atoms with E-state index in [1.807, 2.05) is 6.92 Å². The van der Waals surface area contributed by atoms with Crippen molar-refractivity contribution in [2.45, 2.75) is 11.1 Å². The van der Waals surface area contributed by atoms with Gasteiger partial charge in [-0.2, -0.15) is 5.10 Å². The molecular formula is C9H11N3O2S2. The van der Waals surface area contributed by atoms with E-state index >= 15 is 0 Å². The van der Waals surface area contributed by atoms with Crippen LogP contribution >= 0.6 is 11.3 Å². The molecule has 2 aromatic rings. The van der Waals surface area contributed by atoms with Gasteiger partial charge < -0.3 is 0 Å². The average Bonchev–Trinajstić information content (AvgIpc) is 2.75. The van der Waals surface area contributed by atoms with Crippen LogP contribution < -0.4 is 4.72 Å². The number of sulfonamides is 1. The Morgan fingerprint density at radius 1 is 1.38 bits per heavy atom. The number of hydrogen-bond donors (Lipinski definition) is 1. The summed E-state index contributed by atoms with van der Waals surface area (Å²) in [5.41, 5.74) is 0. The highest BCUT2D eigenvalue weighted by Crippen LogP contribution is 2.22. The number of hydrogen-bond acceptors (Lipinski definition) is 4. The van der Waals surface area contributed by atoms with Crippen LogP contribution in [0.3, 0.4) is 0 Å². The fourth-order valence-electron chi connectivity index (χ4n) is 1.21. The fraction of sp³-hybridized carbons (Fsp3) is 0.222. The summed E-state index contributed by atoms with van der Waals surface area (Å²) in [6.45, 7) is 1.87. The molecule has 0 aromatic carbocycles. The topological polar surface area (TPSA) is 64.0 Å². The summed E-state index contributed by atoms with van der Waals surface area (Å²) in [7, 11) is -1.76. The van der Waals surface area contributed by atoms with Gasteiger partial charge in [0.15, 0.2) is 5.82 Å². The van der Waals surface area contributed by atoms with Crippen molar-refractivity contribution in [3.05, 3.63) is 29.3 Å².